The van der Waals surface area contributed by atoms with Crippen LogP contribution in [0, 0.1) is 5.92 Å². The predicted molar refractivity (Wildman–Crippen MR) is 76.3 cm³/mol. The summed E-state index contributed by atoms with van der Waals surface area (Å²) in [7, 11) is 0. The van der Waals surface area contributed by atoms with Crippen molar-refractivity contribution < 1.29 is 0 Å². The second-order valence-corrected chi connectivity index (χ2v) is 4.91. The first-order valence-corrected chi connectivity index (χ1v) is 6.75. The van der Waals surface area contributed by atoms with Crippen molar-refractivity contribution in [2.24, 2.45) is 5.92 Å². The molecule has 0 aliphatic heterocycles. The fourth-order valence-electron chi connectivity index (χ4n) is 2.34. The molecule has 0 bridgehead atoms. The molecule has 2 heterocycles. The number of pyridine rings is 1. The Hall–Kier alpha value is -2.10. The van der Waals surface area contributed by atoms with E-state index in [2.05, 4.69) is 33.5 Å². The van der Waals surface area contributed by atoms with Crippen molar-refractivity contribution in [1.82, 2.24) is 14.5 Å². The summed E-state index contributed by atoms with van der Waals surface area (Å²) in [5.74, 6) is 1.64. The first-order valence-electron chi connectivity index (χ1n) is 6.75. The molecule has 0 amide bonds. The normalized spacial score (nSPS) is 18.4. The maximum absolute atomic E-state index is 4.43. The molecular weight excluding hydrogens is 236 g/mol. The molecule has 0 radical (unpaired) electrons. The molecule has 4 nitrogen and oxygen atoms in total. The Morgan fingerprint density at radius 1 is 1.32 bits per heavy atom. The molecule has 1 atom stereocenters. The highest BCUT2D eigenvalue weighted by Crippen LogP contribution is 2.19. The third-order valence-corrected chi connectivity index (χ3v) is 3.49. The van der Waals surface area contributed by atoms with E-state index in [1.165, 1.54) is 19.3 Å². The number of imidazole rings is 1. The van der Waals surface area contributed by atoms with Gasteiger partial charge in [0.1, 0.15) is 12.1 Å². The van der Waals surface area contributed by atoms with Crippen molar-refractivity contribution in [3.05, 3.63) is 49.2 Å². The Bertz CT molecular complexity index is 528. The van der Waals surface area contributed by atoms with Gasteiger partial charge < -0.3 is 5.32 Å². The van der Waals surface area contributed by atoms with Crippen LogP contribution in [0.3, 0.4) is 0 Å². The molecule has 98 valence electrons. The first-order chi connectivity index (χ1) is 9.42. The molecule has 0 saturated heterocycles. The number of nitrogens with one attached hydrogen (secondary N) is 1. The standard InChI is InChI=1S/C15H18N4/c1-2-4-13(5-3-1)10-17-14-6-7-15(18-11-14)19-9-8-16-12-19/h1-2,6-9,11-13,17H,3-5,10H2. The Labute approximate surface area is 113 Å². The zero-order valence-electron chi connectivity index (χ0n) is 10.9. The van der Waals surface area contributed by atoms with Crippen LogP contribution >= 0.6 is 0 Å². The summed E-state index contributed by atoms with van der Waals surface area (Å²) in [6.45, 7) is 1.02. The lowest BCUT2D eigenvalue weighted by atomic mass is 9.94. The zero-order valence-corrected chi connectivity index (χ0v) is 10.9. The van der Waals surface area contributed by atoms with Crippen molar-refractivity contribution >= 4 is 5.69 Å². The van der Waals surface area contributed by atoms with E-state index in [0.717, 1.165) is 24.0 Å². The van der Waals surface area contributed by atoms with E-state index in [1.807, 2.05) is 23.0 Å². The van der Waals surface area contributed by atoms with Crippen LogP contribution < -0.4 is 5.32 Å². The van der Waals surface area contributed by atoms with Crippen LogP contribution in [0.1, 0.15) is 19.3 Å². The van der Waals surface area contributed by atoms with Crippen LogP contribution in [0.4, 0.5) is 5.69 Å². The fourth-order valence-corrected chi connectivity index (χ4v) is 2.34. The number of rotatable bonds is 4. The number of anilines is 1. The Kier molecular flexibility index (Phi) is 3.58. The number of hydrogen-bond donors (Lipinski definition) is 1. The van der Waals surface area contributed by atoms with Gasteiger partial charge in [-0.3, -0.25) is 4.57 Å². The van der Waals surface area contributed by atoms with Gasteiger partial charge in [0.15, 0.2) is 0 Å². The van der Waals surface area contributed by atoms with Gasteiger partial charge in [0.05, 0.1) is 11.9 Å². The summed E-state index contributed by atoms with van der Waals surface area (Å²) in [6, 6.07) is 4.08. The molecule has 0 fully saturated rings. The minimum absolute atomic E-state index is 0.748. The van der Waals surface area contributed by atoms with E-state index in [-0.39, 0.29) is 0 Å². The SMILES string of the molecule is C1=CCC(CNc2ccc(-n3ccnc3)nc2)CC1. The summed E-state index contributed by atoms with van der Waals surface area (Å²) < 4.78 is 1.90. The van der Waals surface area contributed by atoms with E-state index >= 15 is 0 Å². The van der Waals surface area contributed by atoms with E-state index in [0.29, 0.717) is 0 Å². The monoisotopic (exact) mass is 254 g/mol. The average Bonchev–Trinajstić information content (AvgIpc) is 3.01. The van der Waals surface area contributed by atoms with E-state index in [9.17, 15) is 0 Å². The molecule has 1 unspecified atom stereocenters. The smallest absolute Gasteiger partial charge is 0.137 e. The van der Waals surface area contributed by atoms with Crippen LogP contribution in [-0.4, -0.2) is 21.1 Å². The third-order valence-electron chi connectivity index (χ3n) is 3.49. The van der Waals surface area contributed by atoms with Gasteiger partial charge in [0, 0.05) is 18.9 Å². The van der Waals surface area contributed by atoms with E-state index in [4.69, 9.17) is 0 Å². The van der Waals surface area contributed by atoms with Crippen LogP contribution in [0.5, 0.6) is 0 Å². The van der Waals surface area contributed by atoms with Gasteiger partial charge in [-0.05, 0) is 37.3 Å². The quantitative estimate of drug-likeness (QED) is 0.853. The molecule has 2 aromatic heterocycles. The number of hydrogen-bond acceptors (Lipinski definition) is 3. The fraction of sp³-hybridized carbons (Fsp3) is 0.333. The summed E-state index contributed by atoms with van der Waals surface area (Å²) >= 11 is 0. The summed E-state index contributed by atoms with van der Waals surface area (Å²) in [5.41, 5.74) is 1.08. The minimum atomic E-state index is 0.748. The highest BCUT2D eigenvalue weighted by Gasteiger charge is 2.09. The van der Waals surface area contributed by atoms with Crippen molar-refractivity contribution in [3.8, 4) is 5.82 Å². The van der Waals surface area contributed by atoms with E-state index < -0.39 is 0 Å². The lowest BCUT2D eigenvalue weighted by Gasteiger charge is -2.18. The lowest BCUT2D eigenvalue weighted by molar-refractivity contribution is 0.504. The van der Waals surface area contributed by atoms with Gasteiger partial charge in [-0.1, -0.05) is 12.2 Å². The highest BCUT2D eigenvalue weighted by atomic mass is 15.1. The Morgan fingerprint density at radius 2 is 2.32 bits per heavy atom. The Morgan fingerprint density at radius 3 is 3.00 bits per heavy atom. The maximum Gasteiger partial charge on any atom is 0.137 e. The van der Waals surface area contributed by atoms with Gasteiger partial charge in [0.25, 0.3) is 0 Å². The van der Waals surface area contributed by atoms with Gasteiger partial charge >= 0.3 is 0 Å². The van der Waals surface area contributed by atoms with Crippen LogP contribution in [0.15, 0.2) is 49.2 Å². The van der Waals surface area contributed by atoms with Crippen molar-refractivity contribution in [1.29, 1.82) is 0 Å². The molecule has 2 aromatic rings. The second-order valence-electron chi connectivity index (χ2n) is 4.91. The molecule has 3 rings (SSSR count). The minimum Gasteiger partial charge on any atom is -0.384 e. The highest BCUT2D eigenvalue weighted by molar-refractivity contribution is 5.43. The Balaban J connectivity index is 1.58. The van der Waals surface area contributed by atoms with Crippen LogP contribution in [0.25, 0.3) is 5.82 Å². The van der Waals surface area contributed by atoms with Crippen LogP contribution in [0.2, 0.25) is 0 Å². The number of nitrogens with zero attached hydrogens (tertiary/aromatic N) is 3. The topological polar surface area (TPSA) is 42.7 Å². The van der Waals surface area contributed by atoms with E-state index in [1.54, 1.807) is 12.5 Å². The largest absolute Gasteiger partial charge is 0.384 e. The third kappa shape index (κ3) is 3.02. The van der Waals surface area contributed by atoms with Gasteiger partial charge in [0.2, 0.25) is 0 Å². The molecule has 0 aromatic carbocycles. The molecule has 4 heteroatoms. The summed E-state index contributed by atoms with van der Waals surface area (Å²) in [4.78, 5) is 8.45. The molecule has 19 heavy (non-hydrogen) atoms. The molecule has 1 aliphatic carbocycles. The lowest BCUT2D eigenvalue weighted by Crippen LogP contribution is -2.15. The zero-order chi connectivity index (χ0) is 12.9. The van der Waals surface area contributed by atoms with Gasteiger partial charge in [-0.2, -0.15) is 0 Å². The second kappa shape index (κ2) is 5.69. The van der Waals surface area contributed by atoms with Crippen molar-refractivity contribution in [2.45, 2.75) is 19.3 Å². The first kappa shape index (κ1) is 12.0. The maximum atomic E-state index is 4.43. The summed E-state index contributed by atoms with van der Waals surface area (Å²) in [6.07, 6.45) is 15.5. The average molecular weight is 254 g/mol. The predicted octanol–water partition coefficient (Wildman–Crippen LogP) is 3.04. The van der Waals surface area contributed by atoms with Gasteiger partial charge in [-0.15, -0.1) is 0 Å². The summed E-state index contributed by atoms with van der Waals surface area (Å²) in [5, 5.41) is 3.47. The molecule has 1 aliphatic rings. The molecule has 1 N–H and O–H groups in total. The molecule has 0 saturated carbocycles. The van der Waals surface area contributed by atoms with Gasteiger partial charge in [-0.25, -0.2) is 9.97 Å². The number of allylic oxidation sites excluding steroid dienone is 2. The van der Waals surface area contributed by atoms with Crippen LogP contribution in [-0.2, 0) is 0 Å². The van der Waals surface area contributed by atoms with Crippen molar-refractivity contribution in [2.75, 3.05) is 11.9 Å². The van der Waals surface area contributed by atoms with Crippen molar-refractivity contribution in [3.63, 3.8) is 0 Å². The number of aromatic nitrogens is 3. The molecule has 0 spiro atoms. The molecular formula is C15H18N4.